The third-order valence-corrected chi connectivity index (χ3v) is 2.89. The molecule has 0 fully saturated rings. The molecule has 0 saturated heterocycles. The van der Waals surface area contributed by atoms with Gasteiger partial charge in [-0.25, -0.2) is 4.98 Å². The van der Waals surface area contributed by atoms with Crippen molar-refractivity contribution < 1.29 is 13.5 Å². The van der Waals surface area contributed by atoms with Gasteiger partial charge in [-0.05, 0) is 25.2 Å². The molecule has 0 unspecified atom stereocenters. The van der Waals surface area contributed by atoms with Gasteiger partial charge in [-0.1, -0.05) is 11.6 Å². The van der Waals surface area contributed by atoms with Gasteiger partial charge >= 0.3 is 6.61 Å². The Kier molecular flexibility index (Phi) is 4.92. The highest BCUT2D eigenvalue weighted by Gasteiger charge is 2.12. The fraction of sp³-hybridized carbons (Fsp3) is 0.308. The van der Waals surface area contributed by atoms with E-state index in [0.717, 1.165) is 5.82 Å². The number of rotatable bonds is 6. The summed E-state index contributed by atoms with van der Waals surface area (Å²) in [5, 5.41) is 0.480. The van der Waals surface area contributed by atoms with Crippen LogP contribution >= 0.6 is 11.6 Å². The molecule has 7 heteroatoms. The van der Waals surface area contributed by atoms with E-state index in [9.17, 15) is 8.78 Å². The fourth-order valence-corrected chi connectivity index (χ4v) is 2.06. The molecule has 0 bridgehead atoms. The van der Waals surface area contributed by atoms with E-state index in [1.165, 1.54) is 12.1 Å². The normalized spacial score (nSPS) is 11.3. The molecule has 2 rings (SSSR count). The van der Waals surface area contributed by atoms with Gasteiger partial charge < -0.3 is 9.72 Å². The highest BCUT2D eigenvalue weighted by atomic mass is 35.5. The van der Waals surface area contributed by atoms with E-state index in [4.69, 9.17) is 11.6 Å². The Labute approximate surface area is 120 Å². The zero-order valence-electron chi connectivity index (χ0n) is 10.8. The number of aromatic amines is 1. The van der Waals surface area contributed by atoms with E-state index in [1.807, 2.05) is 11.9 Å². The standard InChI is InChI=1S/C13H14ClF2N3O/c1-19(8-12-17-4-5-18-12)7-9-6-10(14)2-3-11(9)20-13(15)16/h2-6,13H,7-8H2,1H3,(H,17,18). The van der Waals surface area contributed by atoms with E-state index in [2.05, 4.69) is 14.7 Å². The van der Waals surface area contributed by atoms with Gasteiger partial charge in [0.1, 0.15) is 11.6 Å². The van der Waals surface area contributed by atoms with Gasteiger partial charge in [0.15, 0.2) is 0 Å². The van der Waals surface area contributed by atoms with E-state index < -0.39 is 6.61 Å². The van der Waals surface area contributed by atoms with E-state index in [-0.39, 0.29) is 5.75 Å². The maximum Gasteiger partial charge on any atom is 0.387 e. The van der Waals surface area contributed by atoms with Crippen LogP contribution in [-0.4, -0.2) is 28.5 Å². The highest BCUT2D eigenvalue weighted by Crippen LogP contribution is 2.25. The van der Waals surface area contributed by atoms with Gasteiger partial charge in [-0.3, -0.25) is 4.90 Å². The number of aromatic nitrogens is 2. The summed E-state index contributed by atoms with van der Waals surface area (Å²) in [5.74, 6) is 0.932. The Bertz CT molecular complexity index is 549. The van der Waals surface area contributed by atoms with Crippen molar-refractivity contribution in [2.45, 2.75) is 19.7 Å². The molecule has 1 aromatic heterocycles. The number of hydrogen-bond donors (Lipinski definition) is 1. The molecular weight excluding hydrogens is 288 g/mol. The van der Waals surface area contributed by atoms with Gasteiger partial charge in [0.25, 0.3) is 0 Å². The molecule has 0 radical (unpaired) electrons. The van der Waals surface area contributed by atoms with Crippen molar-refractivity contribution in [2.24, 2.45) is 0 Å². The molecule has 0 spiro atoms. The summed E-state index contributed by atoms with van der Waals surface area (Å²) < 4.78 is 29.2. The minimum Gasteiger partial charge on any atom is -0.434 e. The second-order valence-corrected chi connectivity index (χ2v) is 4.78. The average molecular weight is 302 g/mol. The van der Waals surface area contributed by atoms with E-state index in [1.54, 1.807) is 18.5 Å². The Morgan fingerprint density at radius 2 is 2.20 bits per heavy atom. The summed E-state index contributed by atoms with van der Waals surface area (Å²) >= 11 is 5.90. The monoisotopic (exact) mass is 301 g/mol. The molecule has 108 valence electrons. The zero-order chi connectivity index (χ0) is 14.5. The topological polar surface area (TPSA) is 41.2 Å². The predicted molar refractivity (Wildman–Crippen MR) is 71.8 cm³/mol. The summed E-state index contributed by atoms with van der Waals surface area (Å²) in [6.07, 6.45) is 3.39. The molecule has 20 heavy (non-hydrogen) atoms. The van der Waals surface area contributed by atoms with Crippen LogP contribution in [0.2, 0.25) is 5.02 Å². The number of nitrogens with one attached hydrogen (secondary N) is 1. The number of halogens is 3. The lowest BCUT2D eigenvalue weighted by molar-refractivity contribution is -0.0507. The molecule has 1 N–H and O–H groups in total. The lowest BCUT2D eigenvalue weighted by Crippen LogP contribution is -2.19. The predicted octanol–water partition coefficient (Wildman–Crippen LogP) is 3.30. The molecule has 0 saturated carbocycles. The van der Waals surface area contributed by atoms with E-state index >= 15 is 0 Å². The Balaban J connectivity index is 2.08. The van der Waals surface area contributed by atoms with Crippen molar-refractivity contribution >= 4 is 11.6 Å². The Morgan fingerprint density at radius 3 is 2.85 bits per heavy atom. The number of ether oxygens (including phenoxy) is 1. The number of benzene rings is 1. The van der Waals surface area contributed by atoms with Crippen molar-refractivity contribution in [1.29, 1.82) is 0 Å². The number of H-pyrrole nitrogens is 1. The minimum atomic E-state index is -2.86. The van der Waals surface area contributed by atoms with Crippen LogP contribution in [0.5, 0.6) is 5.75 Å². The first-order valence-electron chi connectivity index (χ1n) is 5.94. The first kappa shape index (κ1) is 14.7. The van der Waals surface area contributed by atoms with Crippen LogP contribution in [-0.2, 0) is 13.1 Å². The molecule has 1 heterocycles. The van der Waals surface area contributed by atoms with Gasteiger partial charge in [-0.2, -0.15) is 8.78 Å². The van der Waals surface area contributed by atoms with Gasteiger partial charge in [0.2, 0.25) is 0 Å². The molecule has 0 atom stereocenters. The summed E-state index contributed by atoms with van der Waals surface area (Å²) in [5.41, 5.74) is 0.604. The zero-order valence-corrected chi connectivity index (χ0v) is 11.6. The molecule has 0 aliphatic carbocycles. The molecule has 0 aliphatic rings. The summed E-state index contributed by atoms with van der Waals surface area (Å²) in [6, 6.07) is 4.60. The lowest BCUT2D eigenvalue weighted by atomic mass is 10.2. The van der Waals surface area contributed by atoms with Crippen LogP contribution < -0.4 is 4.74 Å². The van der Waals surface area contributed by atoms with Gasteiger partial charge in [0, 0.05) is 29.5 Å². The number of imidazole rings is 1. The smallest absolute Gasteiger partial charge is 0.387 e. The van der Waals surface area contributed by atoms with Crippen LogP contribution in [0.4, 0.5) is 8.78 Å². The molecule has 0 aliphatic heterocycles. The van der Waals surface area contributed by atoms with Crippen molar-refractivity contribution in [3.8, 4) is 5.75 Å². The quantitative estimate of drug-likeness (QED) is 0.890. The van der Waals surface area contributed by atoms with Crippen LogP contribution in [0.1, 0.15) is 11.4 Å². The molecular formula is C13H14ClF2N3O. The number of nitrogens with zero attached hydrogens (tertiary/aromatic N) is 2. The summed E-state index contributed by atoms with van der Waals surface area (Å²) in [7, 11) is 1.86. The van der Waals surface area contributed by atoms with Crippen molar-refractivity contribution in [3.63, 3.8) is 0 Å². The summed E-state index contributed by atoms with van der Waals surface area (Å²) in [6.45, 7) is -1.87. The number of hydrogen-bond acceptors (Lipinski definition) is 3. The van der Waals surface area contributed by atoms with Crippen LogP contribution in [0.25, 0.3) is 0 Å². The Morgan fingerprint density at radius 1 is 1.40 bits per heavy atom. The first-order valence-corrected chi connectivity index (χ1v) is 6.32. The van der Waals surface area contributed by atoms with Gasteiger partial charge in [-0.15, -0.1) is 0 Å². The van der Waals surface area contributed by atoms with Crippen LogP contribution in [0.15, 0.2) is 30.6 Å². The largest absolute Gasteiger partial charge is 0.434 e. The molecule has 2 aromatic rings. The maximum atomic E-state index is 12.4. The highest BCUT2D eigenvalue weighted by molar-refractivity contribution is 6.30. The maximum absolute atomic E-state index is 12.4. The molecule has 1 aromatic carbocycles. The lowest BCUT2D eigenvalue weighted by Gasteiger charge is -2.18. The summed E-state index contributed by atoms with van der Waals surface area (Å²) in [4.78, 5) is 9.01. The SMILES string of the molecule is CN(Cc1ncc[nH]1)Cc1cc(Cl)ccc1OC(F)F. The second kappa shape index (κ2) is 6.67. The van der Waals surface area contributed by atoms with Crippen molar-refractivity contribution in [1.82, 2.24) is 14.9 Å². The Hall–Kier alpha value is -1.66. The molecule has 4 nitrogen and oxygen atoms in total. The average Bonchev–Trinajstić information content (AvgIpc) is 2.84. The first-order chi connectivity index (χ1) is 9.54. The van der Waals surface area contributed by atoms with Crippen molar-refractivity contribution in [3.05, 3.63) is 47.0 Å². The van der Waals surface area contributed by atoms with Gasteiger partial charge in [0.05, 0.1) is 6.54 Å². The van der Waals surface area contributed by atoms with E-state index in [0.29, 0.717) is 23.7 Å². The minimum absolute atomic E-state index is 0.135. The molecule has 0 amide bonds. The van der Waals surface area contributed by atoms with Crippen LogP contribution in [0, 0.1) is 0 Å². The number of alkyl halides is 2. The van der Waals surface area contributed by atoms with Crippen molar-refractivity contribution in [2.75, 3.05) is 7.05 Å². The van der Waals surface area contributed by atoms with Crippen LogP contribution in [0.3, 0.4) is 0 Å². The third-order valence-electron chi connectivity index (χ3n) is 2.65. The fourth-order valence-electron chi connectivity index (χ4n) is 1.87. The second-order valence-electron chi connectivity index (χ2n) is 4.34. The third kappa shape index (κ3) is 4.18.